The molecule has 0 bridgehead atoms. The molecule has 0 aromatic heterocycles. The summed E-state index contributed by atoms with van der Waals surface area (Å²) < 4.78 is 15.3. The van der Waals surface area contributed by atoms with E-state index in [4.69, 9.17) is 14.2 Å². The Hall–Kier alpha value is -4.13. The van der Waals surface area contributed by atoms with Crippen molar-refractivity contribution in [1.29, 1.82) is 0 Å². The number of rotatable bonds is 8. The average Bonchev–Trinajstić information content (AvgIpc) is 2.93. The van der Waals surface area contributed by atoms with Crippen LogP contribution in [0.3, 0.4) is 0 Å². The molecule has 1 atom stereocenters. The maximum absolute atomic E-state index is 12.7. The summed E-state index contributed by atoms with van der Waals surface area (Å²) in [6, 6.07) is 14.0. The summed E-state index contributed by atoms with van der Waals surface area (Å²) in [6.45, 7) is 9.43. The van der Waals surface area contributed by atoms with E-state index in [2.05, 4.69) is 51.6 Å². The molecule has 40 heavy (non-hydrogen) atoms. The lowest BCUT2D eigenvalue weighted by Crippen LogP contribution is -2.49. The SMILES string of the molecule is COC(=O)C(CNC(=O)OC(C)(C)C)NC(=O)c1ccc(C#CC=Cc2ccc(CN3CCOCC3)cc2)cc1. The molecule has 2 aromatic rings. The minimum Gasteiger partial charge on any atom is -0.467 e. The molecule has 2 amide bonds. The molecular weight excluding hydrogens is 510 g/mol. The number of carbonyl (C=O) groups is 3. The van der Waals surface area contributed by atoms with Crippen molar-refractivity contribution in [3.05, 3.63) is 76.9 Å². The van der Waals surface area contributed by atoms with Crippen LogP contribution in [-0.4, -0.2) is 74.5 Å². The van der Waals surface area contributed by atoms with Gasteiger partial charge in [-0.1, -0.05) is 36.1 Å². The van der Waals surface area contributed by atoms with Crippen molar-refractivity contribution in [2.24, 2.45) is 0 Å². The first-order chi connectivity index (χ1) is 19.1. The van der Waals surface area contributed by atoms with Gasteiger partial charge in [0.2, 0.25) is 0 Å². The predicted molar refractivity (Wildman–Crippen MR) is 152 cm³/mol. The molecule has 9 nitrogen and oxygen atoms in total. The number of amides is 2. The highest BCUT2D eigenvalue weighted by atomic mass is 16.6. The second-order valence-corrected chi connectivity index (χ2v) is 10.2. The van der Waals surface area contributed by atoms with Gasteiger partial charge in [0.05, 0.1) is 26.9 Å². The van der Waals surface area contributed by atoms with E-state index in [1.54, 1.807) is 51.1 Å². The van der Waals surface area contributed by atoms with Crippen molar-refractivity contribution in [3.63, 3.8) is 0 Å². The molecule has 0 radical (unpaired) electrons. The van der Waals surface area contributed by atoms with Crippen molar-refractivity contribution < 1.29 is 28.6 Å². The van der Waals surface area contributed by atoms with Crippen molar-refractivity contribution in [2.45, 2.75) is 39.0 Å². The van der Waals surface area contributed by atoms with Crippen LogP contribution >= 0.6 is 0 Å². The van der Waals surface area contributed by atoms with E-state index < -0.39 is 29.6 Å². The van der Waals surface area contributed by atoms with E-state index in [1.165, 1.54) is 12.7 Å². The number of hydrogen-bond acceptors (Lipinski definition) is 7. The zero-order valence-electron chi connectivity index (χ0n) is 23.5. The third-order valence-corrected chi connectivity index (χ3v) is 5.85. The fourth-order valence-electron chi connectivity index (χ4n) is 3.80. The van der Waals surface area contributed by atoms with E-state index in [0.717, 1.165) is 44.0 Å². The average molecular weight is 548 g/mol. The molecule has 1 fully saturated rings. The van der Waals surface area contributed by atoms with Crippen LogP contribution in [0.15, 0.2) is 54.6 Å². The van der Waals surface area contributed by atoms with Crippen LogP contribution in [0.25, 0.3) is 6.08 Å². The summed E-state index contributed by atoms with van der Waals surface area (Å²) in [4.78, 5) is 39.1. The zero-order valence-corrected chi connectivity index (χ0v) is 23.5. The highest BCUT2D eigenvalue weighted by molar-refractivity contribution is 5.97. The molecule has 0 aliphatic carbocycles. The van der Waals surface area contributed by atoms with Gasteiger partial charge in [0.25, 0.3) is 5.91 Å². The number of methoxy groups -OCH3 is 1. The first-order valence-electron chi connectivity index (χ1n) is 13.2. The van der Waals surface area contributed by atoms with Crippen LogP contribution in [0.2, 0.25) is 0 Å². The molecule has 0 saturated carbocycles. The summed E-state index contributed by atoms with van der Waals surface area (Å²) >= 11 is 0. The molecule has 1 aliphatic rings. The number of nitrogens with one attached hydrogen (secondary N) is 2. The quantitative estimate of drug-likeness (QED) is 0.386. The lowest BCUT2D eigenvalue weighted by Gasteiger charge is -2.26. The van der Waals surface area contributed by atoms with E-state index in [-0.39, 0.29) is 6.54 Å². The minimum atomic E-state index is -1.08. The molecule has 2 aromatic carbocycles. The fraction of sp³-hybridized carbons (Fsp3) is 0.387. The second kappa shape index (κ2) is 14.9. The van der Waals surface area contributed by atoms with Gasteiger partial charge < -0.3 is 24.8 Å². The molecular formula is C31H37N3O6. The maximum atomic E-state index is 12.7. The number of nitrogens with zero attached hydrogens (tertiary/aromatic N) is 1. The summed E-state index contributed by atoms with van der Waals surface area (Å²) in [5, 5.41) is 5.05. The van der Waals surface area contributed by atoms with Gasteiger partial charge in [-0.25, -0.2) is 9.59 Å². The number of esters is 1. The monoisotopic (exact) mass is 547 g/mol. The topological polar surface area (TPSA) is 106 Å². The number of benzene rings is 2. The van der Waals surface area contributed by atoms with Gasteiger partial charge >= 0.3 is 12.1 Å². The van der Waals surface area contributed by atoms with Crippen LogP contribution < -0.4 is 10.6 Å². The number of ether oxygens (including phenoxy) is 3. The van der Waals surface area contributed by atoms with Crippen LogP contribution in [-0.2, 0) is 25.5 Å². The van der Waals surface area contributed by atoms with Crippen molar-refractivity contribution in [1.82, 2.24) is 15.5 Å². The Labute approximate surface area is 235 Å². The fourth-order valence-corrected chi connectivity index (χ4v) is 3.80. The first kappa shape index (κ1) is 30.4. The maximum Gasteiger partial charge on any atom is 0.407 e. The van der Waals surface area contributed by atoms with Crippen molar-refractivity contribution >= 4 is 24.0 Å². The number of morpholine rings is 1. The Bertz CT molecular complexity index is 1230. The molecule has 9 heteroatoms. The third kappa shape index (κ3) is 10.6. The number of hydrogen-bond donors (Lipinski definition) is 2. The van der Waals surface area contributed by atoms with E-state index in [9.17, 15) is 14.4 Å². The standard InChI is InChI=1S/C31H37N3O6/c1-31(2,3)40-30(37)32-21-27(29(36)38-4)33-28(35)26-15-13-24(14-16-26)8-6-5-7-23-9-11-25(12-10-23)22-34-17-19-39-20-18-34/h5,7,9-16,27H,17-22H2,1-4H3,(H,32,37)(H,33,35). The molecule has 1 unspecified atom stereocenters. The zero-order chi connectivity index (χ0) is 29.0. The Morgan fingerprint density at radius 1 is 1.05 bits per heavy atom. The van der Waals surface area contributed by atoms with Crippen molar-refractivity contribution in [2.75, 3.05) is 40.0 Å². The lowest BCUT2D eigenvalue weighted by molar-refractivity contribution is -0.142. The molecule has 1 aliphatic heterocycles. The van der Waals surface area contributed by atoms with Gasteiger partial charge in [-0.05, 0) is 68.3 Å². The Morgan fingerprint density at radius 3 is 2.35 bits per heavy atom. The first-order valence-corrected chi connectivity index (χ1v) is 13.2. The number of carbonyl (C=O) groups excluding carboxylic acids is 3. The van der Waals surface area contributed by atoms with Crippen LogP contribution in [0.4, 0.5) is 4.79 Å². The van der Waals surface area contributed by atoms with Crippen LogP contribution in [0.1, 0.15) is 47.8 Å². The van der Waals surface area contributed by atoms with E-state index in [0.29, 0.717) is 5.56 Å². The molecule has 212 valence electrons. The van der Waals surface area contributed by atoms with Crippen molar-refractivity contribution in [3.8, 4) is 11.8 Å². The summed E-state index contributed by atoms with van der Waals surface area (Å²) in [6.07, 6.45) is 3.04. The van der Waals surface area contributed by atoms with Crippen LogP contribution in [0.5, 0.6) is 0 Å². The highest BCUT2D eigenvalue weighted by Gasteiger charge is 2.24. The minimum absolute atomic E-state index is 0.181. The smallest absolute Gasteiger partial charge is 0.407 e. The highest BCUT2D eigenvalue weighted by Crippen LogP contribution is 2.11. The van der Waals surface area contributed by atoms with Gasteiger partial charge in [0, 0.05) is 30.8 Å². The molecule has 1 saturated heterocycles. The summed E-state index contributed by atoms with van der Waals surface area (Å²) in [7, 11) is 1.21. The Morgan fingerprint density at radius 2 is 1.73 bits per heavy atom. The van der Waals surface area contributed by atoms with Gasteiger partial charge in [0.15, 0.2) is 0 Å². The molecule has 1 heterocycles. The normalized spacial score (nSPS) is 14.5. The van der Waals surface area contributed by atoms with Crippen LogP contribution in [0, 0.1) is 11.8 Å². The lowest BCUT2D eigenvalue weighted by atomic mass is 10.1. The van der Waals surface area contributed by atoms with E-state index >= 15 is 0 Å². The van der Waals surface area contributed by atoms with Gasteiger partial charge in [0.1, 0.15) is 11.6 Å². The predicted octanol–water partition coefficient (Wildman–Crippen LogP) is 3.38. The largest absolute Gasteiger partial charge is 0.467 e. The second-order valence-electron chi connectivity index (χ2n) is 10.2. The summed E-state index contributed by atoms with van der Waals surface area (Å²) in [5.41, 5.74) is 2.71. The van der Waals surface area contributed by atoms with Gasteiger partial charge in [-0.15, -0.1) is 0 Å². The summed E-state index contributed by atoms with van der Waals surface area (Å²) in [5.74, 6) is 4.88. The van der Waals surface area contributed by atoms with Gasteiger partial charge in [-0.2, -0.15) is 0 Å². The molecule has 2 N–H and O–H groups in total. The number of alkyl carbamates (subject to hydrolysis) is 1. The molecule has 3 rings (SSSR count). The Balaban J connectivity index is 1.51. The third-order valence-electron chi connectivity index (χ3n) is 5.85. The van der Waals surface area contributed by atoms with E-state index in [1.807, 2.05) is 6.08 Å². The number of allylic oxidation sites excluding steroid dienone is 1. The molecule has 0 spiro atoms. The Kier molecular flexibility index (Phi) is 11.3. The van der Waals surface area contributed by atoms with Gasteiger partial charge in [-0.3, -0.25) is 9.69 Å².